The minimum Gasteiger partial charge on any atom is -0.496 e. The average molecular weight is 266 g/mol. The summed E-state index contributed by atoms with van der Waals surface area (Å²) in [4.78, 5) is 24.8. The third-order valence-electron chi connectivity index (χ3n) is 3.05. The van der Waals surface area contributed by atoms with Gasteiger partial charge in [-0.05, 0) is 6.07 Å². The fraction of sp³-hybridized carbons (Fsp3) is 0.0714. The second-order valence-corrected chi connectivity index (χ2v) is 4.12. The van der Waals surface area contributed by atoms with Gasteiger partial charge in [0.25, 0.3) is 5.56 Å². The van der Waals surface area contributed by atoms with Gasteiger partial charge in [0.2, 0.25) is 5.69 Å². The molecule has 20 heavy (non-hydrogen) atoms. The van der Waals surface area contributed by atoms with Gasteiger partial charge in [0.15, 0.2) is 0 Å². The van der Waals surface area contributed by atoms with Crippen LogP contribution in [-0.4, -0.2) is 22.1 Å². The molecule has 0 amide bonds. The summed E-state index contributed by atoms with van der Waals surface area (Å²) in [5.41, 5.74) is 1.93. The summed E-state index contributed by atoms with van der Waals surface area (Å²) in [7, 11) is 1.56. The number of aromatic nitrogens is 3. The Labute approximate surface area is 113 Å². The Balaban J connectivity index is 2.40. The second-order valence-electron chi connectivity index (χ2n) is 4.12. The number of hydrogen-bond acceptors (Lipinski definition) is 3. The van der Waals surface area contributed by atoms with Crippen LogP contribution < -0.4 is 10.3 Å². The molecule has 0 spiro atoms. The standard InChI is InChI=1S/C14H10N4O2/c1-15-11-10(8-5-3-4-6-9(8)20-2)18-13-12(11)16-7-17-14(13)19/h3-7,18H,2H3,(H,16,17,19). The van der Waals surface area contributed by atoms with Crippen LogP contribution in [0, 0.1) is 6.57 Å². The molecule has 0 aliphatic carbocycles. The number of aromatic amines is 2. The van der Waals surface area contributed by atoms with Crippen LogP contribution >= 0.6 is 0 Å². The zero-order chi connectivity index (χ0) is 14.1. The number of H-pyrrole nitrogens is 2. The van der Waals surface area contributed by atoms with Gasteiger partial charge >= 0.3 is 0 Å². The highest BCUT2D eigenvalue weighted by atomic mass is 16.5. The summed E-state index contributed by atoms with van der Waals surface area (Å²) < 4.78 is 5.30. The normalized spacial score (nSPS) is 10.4. The van der Waals surface area contributed by atoms with Crippen LogP contribution in [0.3, 0.4) is 0 Å². The van der Waals surface area contributed by atoms with E-state index in [0.29, 0.717) is 28.2 Å². The minimum absolute atomic E-state index is 0.291. The van der Waals surface area contributed by atoms with Crippen molar-refractivity contribution in [2.24, 2.45) is 0 Å². The minimum atomic E-state index is -0.305. The molecule has 0 radical (unpaired) electrons. The molecule has 2 heterocycles. The number of ether oxygens (including phenoxy) is 1. The topological polar surface area (TPSA) is 75.1 Å². The lowest BCUT2D eigenvalue weighted by Gasteiger charge is -2.06. The molecule has 98 valence electrons. The molecule has 1 aromatic carbocycles. The van der Waals surface area contributed by atoms with Gasteiger partial charge in [-0.3, -0.25) is 4.79 Å². The van der Waals surface area contributed by atoms with E-state index in [1.165, 1.54) is 6.33 Å². The van der Waals surface area contributed by atoms with Crippen molar-refractivity contribution in [3.05, 3.63) is 52.4 Å². The maximum Gasteiger partial charge on any atom is 0.273 e. The molecule has 0 saturated carbocycles. The lowest BCUT2D eigenvalue weighted by atomic mass is 10.1. The van der Waals surface area contributed by atoms with Crippen molar-refractivity contribution in [1.29, 1.82) is 0 Å². The van der Waals surface area contributed by atoms with Crippen molar-refractivity contribution < 1.29 is 4.74 Å². The molecule has 0 aliphatic heterocycles. The average Bonchev–Trinajstić information content (AvgIpc) is 2.87. The van der Waals surface area contributed by atoms with Crippen LogP contribution in [0.2, 0.25) is 0 Å². The molecule has 2 N–H and O–H groups in total. The van der Waals surface area contributed by atoms with Crippen molar-refractivity contribution in [1.82, 2.24) is 15.0 Å². The summed E-state index contributed by atoms with van der Waals surface area (Å²) >= 11 is 0. The number of nitrogens with one attached hydrogen (secondary N) is 2. The summed E-state index contributed by atoms with van der Waals surface area (Å²) in [6.07, 6.45) is 1.29. The van der Waals surface area contributed by atoms with Crippen LogP contribution in [0.5, 0.6) is 5.75 Å². The van der Waals surface area contributed by atoms with E-state index in [1.807, 2.05) is 18.2 Å². The Morgan fingerprint density at radius 3 is 2.90 bits per heavy atom. The monoisotopic (exact) mass is 266 g/mol. The number of para-hydroxylation sites is 1. The largest absolute Gasteiger partial charge is 0.496 e. The van der Waals surface area contributed by atoms with Gasteiger partial charge in [0.05, 0.1) is 25.7 Å². The number of nitrogens with zero attached hydrogens (tertiary/aromatic N) is 2. The van der Waals surface area contributed by atoms with Gasteiger partial charge in [0, 0.05) is 5.56 Å². The Kier molecular flexibility index (Phi) is 2.73. The smallest absolute Gasteiger partial charge is 0.273 e. The first-order valence-corrected chi connectivity index (χ1v) is 5.86. The van der Waals surface area contributed by atoms with E-state index in [-0.39, 0.29) is 5.56 Å². The van der Waals surface area contributed by atoms with Crippen molar-refractivity contribution in [2.45, 2.75) is 0 Å². The Bertz CT molecular complexity index is 886. The zero-order valence-corrected chi connectivity index (χ0v) is 10.6. The molecular formula is C14H10N4O2. The maximum atomic E-state index is 11.8. The van der Waals surface area contributed by atoms with Crippen LogP contribution in [-0.2, 0) is 0 Å². The number of rotatable bonds is 2. The maximum absolute atomic E-state index is 11.8. The molecular weight excluding hydrogens is 256 g/mol. The number of methoxy groups -OCH3 is 1. The molecule has 6 heteroatoms. The van der Waals surface area contributed by atoms with Crippen LogP contribution in [0.15, 0.2) is 35.4 Å². The highest BCUT2D eigenvalue weighted by Crippen LogP contribution is 2.39. The predicted molar refractivity (Wildman–Crippen MR) is 75.0 cm³/mol. The Morgan fingerprint density at radius 2 is 2.15 bits per heavy atom. The van der Waals surface area contributed by atoms with E-state index >= 15 is 0 Å². The van der Waals surface area contributed by atoms with Gasteiger partial charge in [-0.15, -0.1) is 0 Å². The highest BCUT2D eigenvalue weighted by molar-refractivity contribution is 5.99. The van der Waals surface area contributed by atoms with E-state index in [4.69, 9.17) is 11.3 Å². The summed E-state index contributed by atoms with van der Waals surface area (Å²) in [6, 6.07) is 7.31. The van der Waals surface area contributed by atoms with E-state index in [0.717, 1.165) is 5.56 Å². The molecule has 0 saturated heterocycles. The van der Waals surface area contributed by atoms with Gasteiger partial charge in [0.1, 0.15) is 16.8 Å². The van der Waals surface area contributed by atoms with Crippen LogP contribution in [0.1, 0.15) is 0 Å². The molecule has 3 rings (SSSR count). The number of benzene rings is 1. The molecule has 0 aliphatic rings. The quantitative estimate of drug-likeness (QED) is 0.700. The molecule has 0 bridgehead atoms. The van der Waals surface area contributed by atoms with Gasteiger partial charge in [-0.25, -0.2) is 9.83 Å². The SMILES string of the molecule is [C-]#[N+]c1c(-c2ccccc2OC)[nH]c2c(=O)[nH]cnc12. The first-order chi connectivity index (χ1) is 9.76. The van der Waals surface area contributed by atoms with E-state index in [1.54, 1.807) is 13.2 Å². The molecule has 0 atom stereocenters. The van der Waals surface area contributed by atoms with Gasteiger partial charge < -0.3 is 14.7 Å². The van der Waals surface area contributed by atoms with Crippen molar-refractivity contribution in [3.63, 3.8) is 0 Å². The lowest BCUT2D eigenvalue weighted by Crippen LogP contribution is -2.05. The summed E-state index contributed by atoms with van der Waals surface area (Å²) in [5, 5.41) is 0. The fourth-order valence-electron chi connectivity index (χ4n) is 2.15. The predicted octanol–water partition coefficient (Wildman–Crippen LogP) is 2.48. The molecule has 2 aromatic heterocycles. The Hall–Kier alpha value is -3.07. The fourth-order valence-corrected chi connectivity index (χ4v) is 2.15. The van der Waals surface area contributed by atoms with Crippen molar-refractivity contribution >= 4 is 16.7 Å². The van der Waals surface area contributed by atoms with E-state index in [2.05, 4.69) is 19.8 Å². The molecule has 0 fully saturated rings. The molecule has 6 nitrogen and oxygen atoms in total. The van der Waals surface area contributed by atoms with Crippen molar-refractivity contribution in [2.75, 3.05) is 7.11 Å². The third-order valence-corrected chi connectivity index (χ3v) is 3.05. The number of hydrogen-bond donors (Lipinski definition) is 2. The third kappa shape index (κ3) is 1.65. The second kappa shape index (κ2) is 4.55. The van der Waals surface area contributed by atoms with Gasteiger partial charge in [-0.1, -0.05) is 18.2 Å². The summed E-state index contributed by atoms with van der Waals surface area (Å²) in [6.45, 7) is 7.34. The highest BCUT2D eigenvalue weighted by Gasteiger charge is 2.18. The van der Waals surface area contributed by atoms with Crippen LogP contribution in [0.4, 0.5) is 5.69 Å². The van der Waals surface area contributed by atoms with Crippen molar-refractivity contribution in [3.8, 4) is 17.0 Å². The van der Waals surface area contributed by atoms with E-state index < -0.39 is 0 Å². The summed E-state index contributed by atoms with van der Waals surface area (Å²) in [5.74, 6) is 0.625. The molecule has 3 aromatic rings. The zero-order valence-electron chi connectivity index (χ0n) is 10.6. The van der Waals surface area contributed by atoms with E-state index in [9.17, 15) is 4.79 Å². The first-order valence-electron chi connectivity index (χ1n) is 5.86. The van der Waals surface area contributed by atoms with Gasteiger partial charge in [-0.2, -0.15) is 0 Å². The Morgan fingerprint density at radius 1 is 1.35 bits per heavy atom. The van der Waals surface area contributed by atoms with Crippen LogP contribution in [0.25, 0.3) is 27.1 Å². The molecule has 0 unspecified atom stereocenters. The number of fused-ring (bicyclic) bond motifs is 1. The first kappa shape index (κ1) is 12.0. The lowest BCUT2D eigenvalue weighted by molar-refractivity contribution is 0.416.